The number of nitrogens with zero attached hydrogens (tertiary/aromatic N) is 1. The molecule has 0 radical (unpaired) electrons. The Kier molecular flexibility index (Phi) is 4.34. The Labute approximate surface area is 119 Å². The maximum absolute atomic E-state index is 13.8. The first kappa shape index (κ1) is 14.2. The first-order chi connectivity index (χ1) is 8.99. The molecule has 1 aromatic carbocycles. The molecule has 19 heavy (non-hydrogen) atoms. The molecule has 2 rings (SSSR count). The number of carbonyl (C=O) groups excluding carboxylic acids is 2. The molecule has 0 N–H and O–H groups in total. The van der Waals surface area contributed by atoms with E-state index in [-0.39, 0.29) is 23.3 Å². The summed E-state index contributed by atoms with van der Waals surface area (Å²) in [5.41, 5.74) is 0.0719. The summed E-state index contributed by atoms with van der Waals surface area (Å²) in [6.07, 6.45) is 2.34. The highest BCUT2D eigenvalue weighted by molar-refractivity contribution is 9.10. The molecule has 1 amide bonds. The van der Waals surface area contributed by atoms with Crippen molar-refractivity contribution >= 4 is 27.6 Å². The Bertz CT molecular complexity index is 508. The molecule has 0 aromatic heterocycles. The number of amides is 1. The quantitative estimate of drug-likeness (QED) is 0.836. The molecule has 0 unspecified atom stereocenters. The van der Waals surface area contributed by atoms with Crippen molar-refractivity contribution in [2.24, 2.45) is 0 Å². The minimum absolute atomic E-state index is 0.0215. The Hall–Kier alpha value is -1.23. The minimum Gasteiger partial charge on any atom is -0.339 e. The smallest absolute Gasteiger partial charge is 0.256 e. The lowest BCUT2D eigenvalue weighted by Crippen LogP contribution is -2.39. The van der Waals surface area contributed by atoms with Crippen LogP contribution in [0.4, 0.5) is 4.39 Å². The Morgan fingerprint density at radius 1 is 1.37 bits per heavy atom. The molecule has 1 fully saturated rings. The standard InChI is InChI=1S/C14H15BrFNO2/c1-17(10-3-5-11(18)6-4-10)14(19)12-7-2-9(15)8-13(12)16/h2,7-8,10H,3-6H2,1H3. The SMILES string of the molecule is CN(C(=O)c1ccc(Br)cc1F)C1CCC(=O)CC1. The average Bonchev–Trinajstić information content (AvgIpc) is 2.38. The Morgan fingerprint density at radius 2 is 2.00 bits per heavy atom. The zero-order chi connectivity index (χ0) is 14.0. The van der Waals surface area contributed by atoms with E-state index in [1.807, 2.05) is 0 Å². The van der Waals surface area contributed by atoms with Crippen molar-refractivity contribution in [3.8, 4) is 0 Å². The largest absolute Gasteiger partial charge is 0.339 e. The lowest BCUT2D eigenvalue weighted by Gasteiger charge is -2.30. The van der Waals surface area contributed by atoms with Gasteiger partial charge in [0.15, 0.2) is 0 Å². The van der Waals surface area contributed by atoms with Crippen LogP contribution >= 0.6 is 15.9 Å². The number of benzene rings is 1. The van der Waals surface area contributed by atoms with Crippen LogP contribution in [0.15, 0.2) is 22.7 Å². The Morgan fingerprint density at radius 3 is 2.58 bits per heavy atom. The highest BCUT2D eigenvalue weighted by atomic mass is 79.9. The predicted molar refractivity (Wildman–Crippen MR) is 73.5 cm³/mol. The van der Waals surface area contributed by atoms with E-state index in [1.165, 1.54) is 12.1 Å². The third kappa shape index (κ3) is 3.21. The number of carbonyl (C=O) groups is 2. The van der Waals surface area contributed by atoms with Gasteiger partial charge >= 0.3 is 0 Å². The highest BCUT2D eigenvalue weighted by Gasteiger charge is 2.27. The van der Waals surface area contributed by atoms with Gasteiger partial charge in [-0.2, -0.15) is 0 Å². The molecule has 1 aliphatic rings. The number of halogens is 2. The van der Waals surface area contributed by atoms with E-state index in [4.69, 9.17) is 0 Å². The maximum Gasteiger partial charge on any atom is 0.256 e. The normalized spacial score (nSPS) is 16.5. The van der Waals surface area contributed by atoms with Gasteiger partial charge in [0, 0.05) is 30.4 Å². The van der Waals surface area contributed by atoms with Gasteiger partial charge in [0.05, 0.1) is 5.56 Å². The van der Waals surface area contributed by atoms with Crippen molar-refractivity contribution in [1.29, 1.82) is 0 Å². The molecule has 3 nitrogen and oxygen atoms in total. The van der Waals surface area contributed by atoms with Crippen molar-refractivity contribution in [2.45, 2.75) is 31.7 Å². The topological polar surface area (TPSA) is 37.4 Å². The average molecular weight is 328 g/mol. The van der Waals surface area contributed by atoms with Crippen molar-refractivity contribution in [3.63, 3.8) is 0 Å². The second-order valence-electron chi connectivity index (χ2n) is 4.81. The monoisotopic (exact) mass is 327 g/mol. The zero-order valence-electron chi connectivity index (χ0n) is 10.7. The van der Waals surface area contributed by atoms with Gasteiger partial charge in [-0.3, -0.25) is 9.59 Å². The molecule has 0 heterocycles. The lowest BCUT2D eigenvalue weighted by atomic mass is 9.93. The summed E-state index contributed by atoms with van der Waals surface area (Å²) in [7, 11) is 1.67. The molecule has 1 saturated carbocycles. The fraction of sp³-hybridized carbons (Fsp3) is 0.429. The first-order valence-corrected chi connectivity index (χ1v) is 7.02. The van der Waals surface area contributed by atoms with Crippen molar-refractivity contribution < 1.29 is 14.0 Å². The van der Waals surface area contributed by atoms with Crippen LogP contribution in [0.2, 0.25) is 0 Å². The summed E-state index contributed by atoms with van der Waals surface area (Å²) in [4.78, 5) is 25.0. The predicted octanol–water partition coefficient (Wildman–Crippen LogP) is 3.17. The van der Waals surface area contributed by atoms with E-state index in [2.05, 4.69) is 15.9 Å². The van der Waals surface area contributed by atoms with Gasteiger partial charge in [-0.15, -0.1) is 0 Å². The zero-order valence-corrected chi connectivity index (χ0v) is 12.2. The molecule has 102 valence electrons. The van der Waals surface area contributed by atoms with Crippen LogP contribution in [-0.2, 0) is 4.79 Å². The number of hydrogen-bond acceptors (Lipinski definition) is 2. The molecule has 0 spiro atoms. The van der Waals surface area contributed by atoms with Crippen molar-refractivity contribution in [2.75, 3.05) is 7.05 Å². The van der Waals surface area contributed by atoms with Crippen LogP contribution in [0.1, 0.15) is 36.0 Å². The van der Waals surface area contributed by atoms with Gasteiger partial charge in [-0.1, -0.05) is 15.9 Å². The van der Waals surface area contributed by atoms with Crippen LogP contribution in [-0.4, -0.2) is 29.7 Å². The van der Waals surface area contributed by atoms with Crippen molar-refractivity contribution in [3.05, 3.63) is 34.1 Å². The summed E-state index contributed by atoms with van der Waals surface area (Å²) in [6, 6.07) is 4.43. The van der Waals surface area contributed by atoms with Crippen molar-refractivity contribution in [1.82, 2.24) is 4.90 Å². The fourth-order valence-electron chi connectivity index (χ4n) is 2.33. The molecule has 0 bridgehead atoms. The number of Topliss-reactive ketones (excluding diaryl/α,β-unsaturated/α-hetero) is 1. The van der Waals surface area contributed by atoms with Gasteiger partial charge < -0.3 is 4.90 Å². The van der Waals surface area contributed by atoms with E-state index in [0.717, 1.165) is 0 Å². The van der Waals surface area contributed by atoms with E-state index < -0.39 is 5.82 Å². The Balaban J connectivity index is 2.12. The van der Waals surface area contributed by atoms with Gasteiger partial charge in [0.2, 0.25) is 0 Å². The van der Waals surface area contributed by atoms with Crippen LogP contribution < -0.4 is 0 Å². The summed E-state index contributed by atoms with van der Waals surface area (Å²) < 4.78 is 14.4. The molecule has 0 saturated heterocycles. The molecule has 1 aromatic rings. The van der Waals surface area contributed by atoms with Crippen LogP contribution in [0.3, 0.4) is 0 Å². The van der Waals surface area contributed by atoms with Crippen LogP contribution in [0.5, 0.6) is 0 Å². The maximum atomic E-state index is 13.8. The molecule has 0 aliphatic heterocycles. The van der Waals surface area contributed by atoms with Gasteiger partial charge in [-0.05, 0) is 31.0 Å². The highest BCUT2D eigenvalue weighted by Crippen LogP contribution is 2.22. The molecule has 5 heteroatoms. The minimum atomic E-state index is -0.530. The molecule has 1 aliphatic carbocycles. The second kappa shape index (κ2) is 5.82. The summed E-state index contributed by atoms with van der Waals surface area (Å²) in [5.74, 6) is -0.616. The fourth-order valence-corrected chi connectivity index (χ4v) is 2.66. The summed E-state index contributed by atoms with van der Waals surface area (Å²) >= 11 is 3.16. The molecular weight excluding hydrogens is 313 g/mol. The summed E-state index contributed by atoms with van der Waals surface area (Å²) in [5, 5.41) is 0. The van der Waals surface area contributed by atoms with E-state index in [9.17, 15) is 14.0 Å². The lowest BCUT2D eigenvalue weighted by molar-refractivity contribution is -0.121. The van der Waals surface area contributed by atoms with Gasteiger partial charge in [-0.25, -0.2) is 4.39 Å². The number of hydrogen-bond donors (Lipinski definition) is 0. The van der Waals surface area contributed by atoms with E-state index in [1.54, 1.807) is 18.0 Å². The molecule has 0 atom stereocenters. The van der Waals surface area contributed by atoms with Crippen LogP contribution in [0, 0.1) is 5.82 Å². The van der Waals surface area contributed by atoms with E-state index in [0.29, 0.717) is 30.2 Å². The molecular formula is C14H15BrFNO2. The van der Waals surface area contributed by atoms with Crippen LogP contribution in [0.25, 0.3) is 0 Å². The third-order valence-electron chi connectivity index (χ3n) is 3.54. The summed E-state index contributed by atoms with van der Waals surface area (Å²) in [6.45, 7) is 0. The number of rotatable bonds is 2. The third-order valence-corrected chi connectivity index (χ3v) is 4.04. The second-order valence-corrected chi connectivity index (χ2v) is 5.73. The first-order valence-electron chi connectivity index (χ1n) is 6.23. The van der Waals surface area contributed by atoms with Gasteiger partial charge in [0.1, 0.15) is 11.6 Å². The van der Waals surface area contributed by atoms with Gasteiger partial charge in [0.25, 0.3) is 5.91 Å². The van der Waals surface area contributed by atoms with E-state index >= 15 is 0 Å². The number of ketones is 1.